The number of nitrogens with one attached hydrogen (secondary N) is 1. The number of anilines is 1. The number of hydrogen-bond acceptors (Lipinski definition) is 7. The van der Waals surface area contributed by atoms with Gasteiger partial charge >= 0.3 is 0 Å². The maximum atomic E-state index is 12.8. The molecule has 2 aromatic rings. The van der Waals surface area contributed by atoms with Gasteiger partial charge < -0.3 is 0 Å². The summed E-state index contributed by atoms with van der Waals surface area (Å²) in [6.07, 6.45) is -2.75. The van der Waals surface area contributed by atoms with Gasteiger partial charge in [0.1, 0.15) is 6.04 Å². The molecular formula is C15H16F2N4O3S2. The van der Waals surface area contributed by atoms with Crippen LogP contribution in [0.1, 0.15) is 23.0 Å². The number of benzene rings is 1. The molecule has 1 amide bonds. The molecule has 1 saturated heterocycles. The third-order valence-corrected chi connectivity index (χ3v) is 6.42. The van der Waals surface area contributed by atoms with Crippen LogP contribution in [0.25, 0.3) is 0 Å². The molecule has 1 atom stereocenters. The topological polar surface area (TPSA) is 92.3 Å². The predicted octanol–water partition coefficient (Wildman–Crippen LogP) is 1.89. The number of rotatable bonds is 5. The fraction of sp³-hybridized carbons (Fsp3) is 0.400. The molecule has 0 radical (unpaired) electrons. The summed E-state index contributed by atoms with van der Waals surface area (Å²) in [6, 6.07) is 8.13. The van der Waals surface area contributed by atoms with Crippen LogP contribution >= 0.6 is 11.3 Å². The Labute approximate surface area is 153 Å². The molecule has 1 N–H and O–H groups in total. The second-order valence-electron chi connectivity index (χ2n) is 5.74. The van der Waals surface area contributed by atoms with Crippen molar-refractivity contribution < 1.29 is 22.0 Å². The van der Waals surface area contributed by atoms with Crippen molar-refractivity contribution in [1.82, 2.24) is 15.1 Å². The zero-order chi connectivity index (χ0) is 18.7. The van der Waals surface area contributed by atoms with Gasteiger partial charge in [-0.15, -0.1) is 10.2 Å². The summed E-state index contributed by atoms with van der Waals surface area (Å²) in [4.78, 5) is 14.6. The second kappa shape index (κ2) is 7.72. The van der Waals surface area contributed by atoms with Crippen LogP contribution in [0.4, 0.5) is 13.9 Å². The first kappa shape index (κ1) is 18.8. The van der Waals surface area contributed by atoms with Gasteiger partial charge in [-0.3, -0.25) is 15.0 Å². The normalized spacial score (nSPS) is 18.6. The lowest BCUT2D eigenvalue weighted by Crippen LogP contribution is -2.46. The van der Waals surface area contributed by atoms with Crippen LogP contribution in [-0.2, 0) is 14.6 Å². The standard InChI is InChI=1S/C15H16F2N4O3S2/c16-12(17)14-19-20-15(25-14)18-13(22)11(10-4-2-1-3-5-10)21-6-8-26(23,24)9-7-21/h1-5,11-12H,6-9H2,(H,18,20,22). The van der Waals surface area contributed by atoms with Gasteiger partial charge in [0.25, 0.3) is 6.43 Å². The van der Waals surface area contributed by atoms with Crippen LogP contribution in [0, 0.1) is 0 Å². The largest absolute Gasteiger partial charge is 0.299 e. The van der Waals surface area contributed by atoms with E-state index < -0.39 is 33.2 Å². The quantitative estimate of drug-likeness (QED) is 0.821. The van der Waals surface area contributed by atoms with Crippen LogP contribution in [0.15, 0.2) is 30.3 Å². The first-order chi connectivity index (χ1) is 12.4. The molecule has 0 bridgehead atoms. The predicted molar refractivity (Wildman–Crippen MR) is 92.9 cm³/mol. The van der Waals surface area contributed by atoms with E-state index in [1.165, 1.54) is 0 Å². The zero-order valence-corrected chi connectivity index (χ0v) is 15.1. The number of hydrogen-bond donors (Lipinski definition) is 1. The van der Waals surface area contributed by atoms with E-state index in [0.717, 1.165) is 0 Å². The summed E-state index contributed by atoms with van der Waals surface area (Å²) >= 11 is 0.610. The van der Waals surface area contributed by atoms with E-state index in [0.29, 0.717) is 16.9 Å². The van der Waals surface area contributed by atoms with Crippen LogP contribution in [0.5, 0.6) is 0 Å². The van der Waals surface area contributed by atoms with Crippen molar-refractivity contribution in [3.05, 3.63) is 40.9 Å². The number of nitrogens with zero attached hydrogens (tertiary/aromatic N) is 3. The molecule has 1 aromatic heterocycles. The minimum absolute atomic E-state index is 0.0177. The third kappa shape index (κ3) is 4.40. The van der Waals surface area contributed by atoms with E-state index in [2.05, 4.69) is 15.5 Å². The summed E-state index contributed by atoms with van der Waals surface area (Å²) in [5.74, 6) is -0.525. The lowest BCUT2D eigenvalue weighted by atomic mass is 10.0. The average Bonchev–Trinajstić information content (AvgIpc) is 3.06. The van der Waals surface area contributed by atoms with Crippen LogP contribution in [0.3, 0.4) is 0 Å². The average molecular weight is 402 g/mol. The Hall–Kier alpha value is -1.98. The third-order valence-electron chi connectivity index (χ3n) is 3.97. The molecule has 0 saturated carbocycles. The molecule has 7 nitrogen and oxygen atoms in total. The maximum Gasteiger partial charge on any atom is 0.291 e. The van der Waals surface area contributed by atoms with E-state index in [1.807, 2.05) is 0 Å². The first-order valence-corrected chi connectivity index (χ1v) is 10.4. The Kier molecular flexibility index (Phi) is 5.58. The van der Waals surface area contributed by atoms with Gasteiger partial charge in [0.05, 0.1) is 11.5 Å². The number of amides is 1. The number of carbonyl (C=O) groups excluding carboxylic acids is 1. The van der Waals surface area contributed by atoms with Crippen molar-refractivity contribution >= 4 is 32.2 Å². The van der Waals surface area contributed by atoms with Crippen LogP contribution in [-0.4, -0.2) is 54.0 Å². The Balaban J connectivity index is 1.82. The molecule has 1 aliphatic heterocycles. The van der Waals surface area contributed by atoms with Gasteiger partial charge in [0, 0.05) is 13.1 Å². The molecule has 3 rings (SSSR count). The summed E-state index contributed by atoms with van der Waals surface area (Å²) in [5.41, 5.74) is 0.683. The number of alkyl halides is 2. The fourth-order valence-electron chi connectivity index (χ4n) is 2.70. The van der Waals surface area contributed by atoms with E-state index in [1.54, 1.807) is 35.2 Å². The SMILES string of the molecule is O=C(Nc1nnc(C(F)F)s1)C(c1ccccc1)N1CCS(=O)(=O)CC1. The Morgan fingerprint density at radius 2 is 1.81 bits per heavy atom. The lowest BCUT2D eigenvalue weighted by Gasteiger charge is -2.33. The van der Waals surface area contributed by atoms with E-state index in [9.17, 15) is 22.0 Å². The van der Waals surface area contributed by atoms with Gasteiger partial charge in [-0.25, -0.2) is 17.2 Å². The Morgan fingerprint density at radius 1 is 1.15 bits per heavy atom. The van der Waals surface area contributed by atoms with Crippen molar-refractivity contribution in [3.8, 4) is 0 Å². The fourth-order valence-corrected chi connectivity index (χ4v) is 4.53. The van der Waals surface area contributed by atoms with Gasteiger partial charge in [-0.1, -0.05) is 41.7 Å². The van der Waals surface area contributed by atoms with E-state index in [-0.39, 0.29) is 29.7 Å². The summed E-state index contributed by atoms with van der Waals surface area (Å²) in [6.45, 7) is 0.432. The smallest absolute Gasteiger partial charge is 0.291 e. The van der Waals surface area contributed by atoms with Crippen molar-refractivity contribution in [2.24, 2.45) is 0 Å². The highest BCUT2D eigenvalue weighted by Crippen LogP contribution is 2.28. The highest BCUT2D eigenvalue weighted by molar-refractivity contribution is 7.91. The number of halogens is 2. The first-order valence-electron chi connectivity index (χ1n) is 7.77. The molecule has 1 aliphatic rings. The second-order valence-corrected chi connectivity index (χ2v) is 9.05. The molecule has 26 heavy (non-hydrogen) atoms. The number of aromatic nitrogens is 2. The van der Waals surface area contributed by atoms with Gasteiger partial charge in [-0.05, 0) is 5.56 Å². The van der Waals surface area contributed by atoms with Gasteiger partial charge in [0.2, 0.25) is 11.0 Å². The zero-order valence-electron chi connectivity index (χ0n) is 13.5. The molecule has 1 aromatic carbocycles. The summed E-state index contributed by atoms with van der Waals surface area (Å²) in [7, 11) is -3.10. The molecular weight excluding hydrogens is 386 g/mol. The Morgan fingerprint density at radius 3 is 2.38 bits per heavy atom. The Bertz CT molecular complexity index is 860. The summed E-state index contributed by atoms with van der Waals surface area (Å²) in [5, 5.41) is 8.93. The molecule has 140 valence electrons. The van der Waals surface area contributed by atoms with E-state index in [4.69, 9.17) is 0 Å². The molecule has 0 spiro atoms. The number of carbonyl (C=O) groups is 1. The van der Waals surface area contributed by atoms with E-state index >= 15 is 0 Å². The van der Waals surface area contributed by atoms with Crippen molar-refractivity contribution in [2.45, 2.75) is 12.5 Å². The lowest BCUT2D eigenvalue weighted by molar-refractivity contribution is -0.121. The maximum absolute atomic E-state index is 12.8. The van der Waals surface area contributed by atoms with Crippen LogP contribution < -0.4 is 5.32 Å². The molecule has 1 fully saturated rings. The summed E-state index contributed by atoms with van der Waals surface area (Å²) < 4.78 is 48.6. The van der Waals surface area contributed by atoms with Gasteiger partial charge in [0.15, 0.2) is 14.8 Å². The molecule has 11 heteroatoms. The molecule has 0 aliphatic carbocycles. The van der Waals surface area contributed by atoms with Crippen molar-refractivity contribution in [2.75, 3.05) is 29.9 Å². The minimum atomic E-state index is -3.10. The highest BCUT2D eigenvalue weighted by atomic mass is 32.2. The minimum Gasteiger partial charge on any atom is -0.299 e. The molecule has 1 unspecified atom stereocenters. The van der Waals surface area contributed by atoms with Crippen molar-refractivity contribution in [1.29, 1.82) is 0 Å². The number of sulfone groups is 1. The highest BCUT2D eigenvalue weighted by Gasteiger charge is 2.33. The van der Waals surface area contributed by atoms with Crippen molar-refractivity contribution in [3.63, 3.8) is 0 Å². The molecule has 2 heterocycles. The van der Waals surface area contributed by atoms with Gasteiger partial charge in [-0.2, -0.15) is 0 Å². The van der Waals surface area contributed by atoms with Crippen LogP contribution in [0.2, 0.25) is 0 Å². The monoisotopic (exact) mass is 402 g/mol.